The maximum Gasteiger partial charge on any atom is 0.416 e. The van der Waals surface area contributed by atoms with Gasteiger partial charge in [0.2, 0.25) is 5.95 Å². The molecule has 2 aromatic rings. The summed E-state index contributed by atoms with van der Waals surface area (Å²) in [5, 5.41) is 3.17. The number of hydrogen-bond acceptors (Lipinski definition) is 4. The maximum atomic E-state index is 13.0. The third-order valence-electron chi connectivity index (χ3n) is 4.71. The van der Waals surface area contributed by atoms with Crippen LogP contribution in [0.2, 0.25) is 0 Å². The zero-order chi connectivity index (χ0) is 20.3. The summed E-state index contributed by atoms with van der Waals surface area (Å²) in [6.45, 7) is 3.76. The molecule has 2 heterocycles. The number of alkyl halides is 3. The first-order valence-corrected chi connectivity index (χ1v) is 9.08. The molecule has 0 unspecified atom stereocenters. The van der Waals surface area contributed by atoms with Crippen LogP contribution >= 0.6 is 0 Å². The van der Waals surface area contributed by atoms with Gasteiger partial charge in [0.25, 0.3) is 5.56 Å². The summed E-state index contributed by atoms with van der Waals surface area (Å²) in [6, 6.07) is 4.85. The van der Waals surface area contributed by atoms with Gasteiger partial charge in [0.15, 0.2) is 0 Å². The van der Waals surface area contributed by atoms with Crippen LogP contribution in [-0.2, 0) is 25.7 Å². The van der Waals surface area contributed by atoms with E-state index in [1.54, 1.807) is 4.90 Å². The Hall–Kier alpha value is -2.79. The molecule has 0 aliphatic carbocycles. The van der Waals surface area contributed by atoms with Crippen molar-refractivity contribution in [2.24, 2.45) is 0 Å². The SMILES string of the molecule is C#CCCn1c(N(CC)c2ccc(C(F)(F)F)cc2)nc2c(c1=O)CNCC2. The minimum absolute atomic E-state index is 0.159. The lowest BCUT2D eigenvalue weighted by molar-refractivity contribution is -0.137. The predicted octanol–water partition coefficient (Wildman–Crippen LogP) is 3.09. The van der Waals surface area contributed by atoms with Crippen LogP contribution in [0.5, 0.6) is 0 Å². The molecule has 1 aliphatic heterocycles. The van der Waals surface area contributed by atoms with Crippen molar-refractivity contribution in [2.45, 2.75) is 39.0 Å². The van der Waals surface area contributed by atoms with Crippen molar-refractivity contribution in [2.75, 3.05) is 18.0 Å². The molecule has 148 valence electrons. The second-order valence-electron chi connectivity index (χ2n) is 6.46. The number of nitrogens with one attached hydrogen (secondary N) is 1. The summed E-state index contributed by atoms with van der Waals surface area (Å²) < 4.78 is 40.1. The number of halogens is 3. The van der Waals surface area contributed by atoms with Crippen molar-refractivity contribution in [3.63, 3.8) is 0 Å². The van der Waals surface area contributed by atoms with Gasteiger partial charge in [-0.3, -0.25) is 9.36 Å². The van der Waals surface area contributed by atoms with Crippen LogP contribution in [0.15, 0.2) is 29.1 Å². The van der Waals surface area contributed by atoms with E-state index in [0.717, 1.165) is 24.4 Å². The largest absolute Gasteiger partial charge is 0.416 e. The summed E-state index contributed by atoms with van der Waals surface area (Å²) in [4.78, 5) is 19.5. The third-order valence-corrected chi connectivity index (χ3v) is 4.71. The van der Waals surface area contributed by atoms with Gasteiger partial charge in [0, 0.05) is 44.7 Å². The van der Waals surface area contributed by atoms with Gasteiger partial charge >= 0.3 is 6.18 Å². The van der Waals surface area contributed by atoms with Crippen LogP contribution in [0.25, 0.3) is 0 Å². The van der Waals surface area contributed by atoms with Gasteiger partial charge in [0.05, 0.1) is 16.8 Å². The zero-order valence-corrected chi connectivity index (χ0v) is 15.5. The lowest BCUT2D eigenvalue weighted by atomic mass is 10.1. The van der Waals surface area contributed by atoms with E-state index in [2.05, 4.69) is 11.2 Å². The van der Waals surface area contributed by atoms with Gasteiger partial charge in [-0.1, -0.05) is 0 Å². The monoisotopic (exact) mass is 390 g/mol. The topological polar surface area (TPSA) is 50.2 Å². The van der Waals surface area contributed by atoms with Crippen molar-refractivity contribution in [1.29, 1.82) is 0 Å². The Labute approximate surface area is 161 Å². The normalized spacial score (nSPS) is 13.7. The Bertz CT molecular complexity index is 942. The van der Waals surface area contributed by atoms with Gasteiger partial charge in [-0.05, 0) is 31.2 Å². The molecule has 0 radical (unpaired) electrons. The van der Waals surface area contributed by atoms with Gasteiger partial charge < -0.3 is 10.2 Å². The standard InChI is InChI=1S/C20H21F3N4O/c1-3-5-12-27-18(28)16-13-24-11-10-17(16)25-19(27)26(4-2)15-8-6-14(7-9-15)20(21,22)23/h1,6-9,24H,4-5,10-13H2,2H3. The summed E-state index contributed by atoms with van der Waals surface area (Å²) in [5.74, 6) is 2.93. The smallest absolute Gasteiger partial charge is 0.312 e. The average Bonchev–Trinajstić information content (AvgIpc) is 2.68. The molecule has 5 nitrogen and oxygen atoms in total. The number of nitrogens with zero attached hydrogens (tertiary/aromatic N) is 3. The highest BCUT2D eigenvalue weighted by Gasteiger charge is 2.30. The van der Waals surface area contributed by atoms with E-state index in [0.29, 0.717) is 49.7 Å². The lowest BCUT2D eigenvalue weighted by Gasteiger charge is -2.28. The van der Waals surface area contributed by atoms with E-state index in [1.807, 2.05) is 6.92 Å². The Morgan fingerprint density at radius 3 is 2.64 bits per heavy atom. The molecular weight excluding hydrogens is 369 g/mol. The Morgan fingerprint density at radius 1 is 1.32 bits per heavy atom. The fraction of sp³-hybridized carbons (Fsp3) is 0.400. The van der Waals surface area contributed by atoms with Crippen LogP contribution in [0, 0.1) is 12.3 Å². The average molecular weight is 390 g/mol. The fourth-order valence-electron chi connectivity index (χ4n) is 3.28. The number of benzene rings is 1. The number of anilines is 2. The van der Waals surface area contributed by atoms with Crippen molar-refractivity contribution in [3.8, 4) is 12.3 Å². The van der Waals surface area contributed by atoms with Gasteiger partial charge in [-0.2, -0.15) is 13.2 Å². The molecule has 0 amide bonds. The summed E-state index contributed by atoms with van der Waals surface area (Å²) >= 11 is 0. The number of hydrogen-bond donors (Lipinski definition) is 1. The highest BCUT2D eigenvalue weighted by molar-refractivity contribution is 5.58. The number of fused-ring (bicyclic) bond motifs is 1. The fourth-order valence-corrected chi connectivity index (χ4v) is 3.28. The summed E-state index contributed by atoms with van der Waals surface area (Å²) in [5.41, 5.74) is 0.997. The van der Waals surface area contributed by atoms with Crippen LogP contribution in [0.4, 0.5) is 24.8 Å². The molecule has 0 fully saturated rings. The van der Waals surface area contributed by atoms with Gasteiger partial charge in [-0.25, -0.2) is 4.98 Å². The minimum Gasteiger partial charge on any atom is -0.312 e. The molecule has 1 aromatic carbocycles. The molecular formula is C20H21F3N4O. The third kappa shape index (κ3) is 3.90. The highest BCUT2D eigenvalue weighted by Crippen LogP contribution is 2.32. The molecule has 0 bridgehead atoms. The van der Waals surface area contributed by atoms with Gasteiger partial charge in [-0.15, -0.1) is 12.3 Å². The molecule has 1 aliphatic rings. The summed E-state index contributed by atoms with van der Waals surface area (Å²) in [7, 11) is 0. The van der Waals surface area contributed by atoms with Crippen molar-refractivity contribution in [1.82, 2.24) is 14.9 Å². The number of terminal acetylenes is 1. The van der Waals surface area contributed by atoms with E-state index in [9.17, 15) is 18.0 Å². The lowest BCUT2D eigenvalue weighted by Crippen LogP contribution is -2.38. The Balaban J connectivity index is 2.09. The van der Waals surface area contributed by atoms with E-state index in [4.69, 9.17) is 11.4 Å². The Morgan fingerprint density at radius 2 is 2.04 bits per heavy atom. The van der Waals surface area contributed by atoms with Crippen molar-refractivity contribution in [3.05, 3.63) is 51.4 Å². The minimum atomic E-state index is -4.40. The van der Waals surface area contributed by atoms with Crippen LogP contribution in [0.3, 0.4) is 0 Å². The molecule has 28 heavy (non-hydrogen) atoms. The second kappa shape index (κ2) is 8.07. The van der Waals surface area contributed by atoms with Crippen LogP contribution in [-0.4, -0.2) is 22.6 Å². The molecule has 3 rings (SSSR count). The highest BCUT2D eigenvalue weighted by atomic mass is 19.4. The van der Waals surface area contributed by atoms with E-state index >= 15 is 0 Å². The van der Waals surface area contributed by atoms with Crippen LogP contribution in [0.1, 0.15) is 30.2 Å². The molecule has 0 atom stereocenters. The molecule has 0 saturated heterocycles. The zero-order valence-electron chi connectivity index (χ0n) is 15.5. The van der Waals surface area contributed by atoms with Crippen LogP contribution < -0.4 is 15.8 Å². The number of aromatic nitrogens is 2. The molecule has 0 saturated carbocycles. The first-order chi connectivity index (χ1) is 13.4. The molecule has 0 spiro atoms. The van der Waals surface area contributed by atoms with Crippen molar-refractivity contribution < 1.29 is 13.2 Å². The molecule has 8 heteroatoms. The quantitative estimate of drug-likeness (QED) is 0.798. The Kier molecular flexibility index (Phi) is 5.75. The first-order valence-electron chi connectivity index (χ1n) is 9.08. The van der Waals surface area contributed by atoms with Gasteiger partial charge in [0.1, 0.15) is 0 Å². The predicted molar refractivity (Wildman–Crippen MR) is 101 cm³/mol. The maximum absolute atomic E-state index is 13.0. The van der Waals surface area contributed by atoms with Crippen molar-refractivity contribution >= 4 is 11.6 Å². The first kappa shape index (κ1) is 20.0. The summed E-state index contributed by atoms with van der Waals surface area (Å²) in [6.07, 6.45) is 1.95. The van der Waals surface area contributed by atoms with E-state index in [-0.39, 0.29) is 5.56 Å². The van der Waals surface area contributed by atoms with E-state index < -0.39 is 11.7 Å². The van der Waals surface area contributed by atoms with E-state index in [1.165, 1.54) is 16.7 Å². The molecule has 1 aromatic heterocycles. The number of rotatable bonds is 5. The second-order valence-corrected chi connectivity index (χ2v) is 6.46. The molecule has 1 N–H and O–H groups in total.